The number of benzene rings is 2. The molecule has 1 atom stereocenters. The third kappa shape index (κ3) is 3.21. The van der Waals surface area contributed by atoms with Gasteiger partial charge in [-0.2, -0.15) is 4.98 Å². The molecule has 1 aromatic heterocycles. The molecule has 138 valence electrons. The Bertz CT molecular complexity index is 1030. The molecule has 0 bridgehead atoms. The summed E-state index contributed by atoms with van der Waals surface area (Å²) in [4.78, 5) is 18.3. The third-order valence-corrected chi connectivity index (χ3v) is 5.05. The fraction of sp³-hybridized carbons (Fsp3) is 0.250. The molecule has 0 aliphatic carbocycles. The number of amides is 1. The second-order valence-corrected chi connectivity index (χ2v) is 7.16. The number of hydrogen-bond acceptors (Lipinski definition) is 4. The van der Waals surface area contributed by atoms with Crippen molar-refractivity contribution in [1.29, 1.82) is 0 Å². The normalized spacial score (nSPS) is 17.0. The van der Waals surface area contributed by atoms with Crippen molar-refractivity contribution in [1.82, 2.24) is 10.1 Å². The highest BCUT2D eigenvalue weighted by Crippen LogP contribution is 2.35. The minimum Gasteiger partial charge on any atom is -0.339 e. The van der Waals surface area contributed by atoms with Crippen LogP contribution in [-0.4, -0.2) is 22.6 Å². The van der Waals surface area contributed by atoms with E-state index in [0.29, 0.717) is 11.7 Å². The van der Waals surface area contributed by atoms with Gasteiger partial charge in [0.15, 0.2) is 5.82 Å². The van der Waals surface area contributed by atoms with Crippen molar-refractivity contribution in [2.24, 2.45) is 0 Å². The first kappa shape index (κ1) is 17.7. The van der Waals surface area contributed by atoms with E-state index in [4.69, 9.17) is 16.1 Å². The van der Waals surface area contributed by atoms with Crippen LogP contribution in [-0.2, 0) is 4.79 Å². The average Bonchev–Trinajstić information content (AvgIpc) is 3.24. The number of anilines is 1. The van der Waals surface area contributed by atoms with Crippen LogP contribution < -0.4 is 4.90 Å². The Balaban J connectivity index is 1.60. The Labute approximate surface area is 160 Å². The Morgan fingerprint density at radius 3 is 2.85 bits per heavy atom. The summed E-state index contributed by atoms with van der Waals surface area (Å²) in [5.74, 6) is -0.226. The maximum atomic E-state index is 14.3. The maximum absolute atomic E-state index is 14.3. The molecule has 1 unspecified atom stereocenters. The van der Waals surface area contributed by atoms with E-state index in [9.17, 15) is 9.18 Å². The van der Waals surface area contributed by atoms with Crippen LogP contribution >= 0.6 is 11.6 Å². The molecule has 1 fully saturated rings. The lowest BCUT2D eigenvalue weighted by atomic mass is 10.1. The zero-order valence-corrected chi connectivity index (χ0v) is 15.6. The topological polar surface area (TPSA) is 59.2 Å². The lowest BCUT2D eigenvalue weighted by Crippen LogP contribution is -2.25. The van der Waals surface area contributed by atoms with E-state index in [1.165, 1.54) is 17.0 Å². The molecule has 1 saturated heterocycles. The lowest BCUT2D eigenvalue weighted by molar-refractivity contribution is -0.117. The fourth-order valence-electron chi connectivity index (χ4n) is 3.38. The summed E-state index contributed by atoms with van der Waals surface area (Å²) < 4.78 is 19.7. The fourth-order valence-corrected chi connectivity index (χ4v) is 3.55. The molecule has 1 aliphatic rings. The first-order valence-electron chi connectivity index (χ1n) is 8.59. The van der Waals surface area contributed by atoms with Gasteiger partial charge in [-0.05, 0) is 31.5 Å². The predicted octanol–water partition coefficient (Wildman–Crippen LogP) is 4.67. The standard InChI is InChI=1S/C20H17ClFN3O2/c1-11-6-7-14(12(2)8-11)19-23-20(27-24-19)13-9-17(26)25(10-13)16-5-3-4-15(21)18(16)22/h3-8,13H,9-10H2,1-2H3. The van der Waals surface area contributed by atoms with E-state index in [-0.39, 0.29) is 35.5 Å². The van der Waals surface area contributed by atoms with Crippen molar-refractivity contribution < 1.29 is 13.7 Å². The Hall–Kier alpha value is -2.73. The first-order valence-corrected chi connectivity index (χ1v) is 8.97. The summed E-state index contributed by atoms with van der Waals surface area (Å²) in [6.07, 6.45) is 0.181. The summed E-state index contributed by atoms with van der Waals surface area (Å²) in [5, 5.41) is 4.05. The van der Waals surface area contributed by atoms with Crippen LogP contribution in [0.2, 0.25) is 5.02 Å². The maximum Gasteiger partial charge on any atom is 0.232 e. The van der Waals surface area contributed by atoms with E-state index in [2.05, 4.69) is 10.1 Å². The van der Waals surface area contributed by atoms with Gasteiger partial charge in [0.25, 0.3) is 0 Å². The zero-order valence-electron chi connectivity index (χ0n) is 14.9. The summed E-state index contributed by atoms with van der Waals surface area (Å²) >= 11 is 5.84. The van der Waals surface area contributed by atoms with Crippen LogP contribution in [0.1, 0.15) is 29.4 Å². The molecular formula is C20H17ClFN3O2. The van der Waals surface area contributed by atoms with Crippen molar-refractivity contribution in [2.75, 3.05) is 11.4 Å². The Kier molecular flexibility index (Phi) is 4.44. The molecule has 3 aromatic rings. The van der Waals surface area contributed by atoms with Crippen LogP contribution in [0.15, 0.2) is 40.9 Å². The van der Waals surface area contributed by atoms with Gasteiger partial charge < -0.3 is 9.42 Å². The van der Waals surface area contributed by atoms with E-state index in [1.54, 1.807) is 6.07 Å². The average molecular weight is 386 g/mol. The van der Waals surface area contributed by atoms with Crippen LogP contribution in [0.25, 0.3) is 11.4 Å². The third-order valence-electron chi connectivity index (χ3n) is 4.76. The number of carbonyl (C=O) groups is 1. The molecule has 5 nitrogen and oxygen atoms in total. The van der Waals surface area contributed by atoms with Gasteiger partial charge >= 0.3 is 0 Å². The minimum atomic E-state index is -0.602. The van der Waals surface area contributed by atoms with Crippen LogP contribution in [0.5, 0.6) is 0 Å². The largest absolute Gasteiger partial charge is 0.339 e. The van der Waals surface area contributed by atoms with Gasteiger partial charge in [0.2, 0.25) is 17.6 Å². The summed E-state index contributed by atoms with van der Waals surface area (Å²) in [6.45, 7) is 4.28. The second-order valence-electron chi connectivity index (χ2n) is 6.75. The molecule has 2 aromatic carbocycles. The van der Waals surface area contributed by atoms with Crippen molar-refractivity contribution >= 4 is 23.2 Å². The lowest BCUT2D eigenvalue weighted by Gasteiger charge is -2.17. The number of nitrogens with zero attached hydrogens (tertiary/aromatic N) is 3. The van der Waals surface area contributed by atoms with Gasteiger partial charge in [0, 0.05) is 18.5 Å². The number of aromatic nitrogens is 2. The van der Waals surface area contributed by atoms with Crippen LogP contribution in [0.3, 0.4) is 0 Å². The van der Waals surface area contributed by atoms with Crippen molar-refractivity contribution in [2.45, 2.75) is 26.2 Å². The molecule has 0 radical (unpaired) electrons. The predicted molar refractivity (Wildman–Crippen MR) is 100 cm³/mol. The number of aryl methyl sites for hydroxylation is 2. The second kappa shape index (κ2) is 6.78. The highest BCUT2D eigenvalue weighted by Gasteiger charge is 2.36. The summed E-state index contributed by atoms with van der Waals surface area (Å²) in [6, 6.07) is 10.6. The monoisotopic (exact) mass is 385 g/mol. The highest BCUT2D eigenvalue weighted by molar-refractivity contribution is 6.31. The molecular weight excluding hydrogens is 369 g/mol. The number of hydrogen-bond donors (Lipinski definition) is 0. The highest BCUT2D eigenvalue weighted by atomic mass is 35.5. The zero-order chi connectivity index (χ0) is 19.1. The first-order chi connectivity index (χ1) is 12.9. The molecule has 2 heterocycles. The molecule has 7 heteroatoms. The number of rotatable bonds is 3. The smallest absolute Gasteiger partial charge is 0.232 e. The van der Waals surface area contributed by atoms with Gasteiger partial charge in [-0.1, -0.05) is 46.6 Å². The molecule has 0 N–H and O–H groups in total. The molecule has 27 heavy (non-hydrogen) atoms. The molecule has 1 amide bonds. The van der Waals surface area contributed by atoms with Gasteiger partial charge in [0.05, 0.1) is 16.6 Å². The van der Waals surface area contributed by atoms with E-state index in [1.807, 2.05) is 32.0 Å². The van der Waals surface area contributed by atoms with Gasteiger partial charge in [-0.3, -0.25) is 4.79 Å². The van der Waals surface area contributed by atoms with E-state index >= 15 is 0 Å². The molecule has 0 saturated carbocycles. The molecule has 0 spiro atoms. The SMILES string of the molecule is Cc1ccc(-c2noc(C3CC(=O)N(c4cccc(Cl)c4F)C3)n2)c(C)c1. The van der Waals surface area contributed by atoms with Crippen molar-refractivity contribution in [3.63, 3.8) is 0 Å². The quantitative estimate of drug-likeness (QED) is 0.657. The van der Waals surface area contributed by atoms with Gasteiger partial charge in [-0.15, -0.1) is 0 Å². The van der Waals surface area contributed by atoms with Crippen LogP contribution in [0, 0.1) is 19.7 Å². The Morgan fingerprint density at radius 2 is 2.07 bits per heavy atom. The van der Waals surface area contributed by atoms with Gasteiger partial charge in [0.1, 0.15) is 0 Å². The van der Waals surface area contributed by atoms with Gasteiger partial charge in [-0.25, -0.2) is 4.39 Å². The molecule has 4 rings (SSSR count). The Morgan fingerprint density at radius 1 is 1.26 bits per heavy atom. The number of carbonyl (C=O) groups excluding carboxylic acids is 1. The van der Waals surface area contributed by atoms with E-state index < -0.39 is 5.82 Å². The minimum absolute atomic E-state index is 0.0151. The molecule has 1 aliphatic heterocycles. The van der Waals surface area contributed by atoms with Crippen molar-refractivity contribution in [3.8, 4) is 11.4 Å². The summed E-state index contributed by atoms with van der Waals surface area (Å²) in [5.41, 5.74) is 3.26. The number of halogens is 2. The van der Waals surface area contributed by atoms with Crippen LogP contribution in [0.4, 0.5) is 10.1 Å². The van der Waals surface area contributed by atoms with Crippen molar-refractivity contribution in [3.05, 3.63) is 64.3 Å². The van der Waals surface area contributed by atoms with E-state index in [0.717, 1.165) is 16.7 Å². The summed E-state index contributed by atoms with van der Waals surface area (Å²) in [7, 11) is 0.